The van der Waals surface area contributed by atoms with Gasteiger partial charge < -0.3 is 10.1 Å². The molecule has 1 fully saturated rings. The molecule has 1 saturated heterocycles. The number of nitrogens with one attached hydrogen (secondary N) is 1. The molecule has 0 bridgehead atoms. The number of thiophene rings is 1. The van der Waals surface area contributed by atoms with Crippen LogP contribution in [0.25, 0.3) is 0 Å². The molecular formula is C17H22ClN3O2S. The fraction of sp³-hybridized carbons (Fsp3) is 0.529. The molecular weight excluding hydrogens is 346 g/mol. The first-order valence-corrected chi connectivity index (χ1v) is 9.44. The molecule has 1 N–H and O–H groups in total. The molecule has 0 radical (unpaired) electrons. The Bertz CT molecular complexity index is 719. The maximum absolute atomic E-state index is 12.2. The van der Waals surface area contributed by atoms with E-state index in [9.17, 15) is 4.79 Å². The Balaban J connectivity index is 1.46. The number of amides is 1. The van der Waals surface area contributed by atoms with Crippen LogP contribution < -0.4 is 5.32 Å². The van der Waals surface area contributed by atoms with Crippen LogP contribution in [0.2, 0.25) is 5.02 Å². The minimum absolute atomic E-state index is 0.0179. The third-order valence-corrected chi connectivity index (χ3v) is 5.95. The molecule has 2 aromatic heterocycles. The van der Waals surface area contributed by atoms with Crippen LogP contribution in [0.4, 0.5) is 0 Å². The van der Waals surface area contributed by atoms with Gasteiger partial charge >= 0.3 is 0 Å². The Labute approximate surface area is 151 Å². The first-order valence-electron chi connectivity index (χ1n) is 8.25. The second-order valence-electron chi connectivity index (χ2n) is 6.02. The van der Waals surface area contributed by atoms with E-state index < -0.39 is 0 Å². The molecule has 7 heteroatoms. The monoisotopic (exact) mass is 367 g/mol. The Kier molecular flexibility index (Phi) is 5.58. The second-order valence-corrected chi connectivity index (χ2v) is 7.51. The largest absolute Gasteiger partial charge is 0.373 e. The maximum Gasteiger partial charge on any atom is 0.261 e. The number of hydrogen-bond acceptors (Lipinski definition) is 4. The van der Waals surface area contributed by atoms with Crippen LogP contribution in [0, 0.1) is 13.8 Å². The highest BCUT2D eigenvalue weighted by Crippen LogP contribution is 2.33. The van der Waals surface area contributed by atoms with Crippen LogP contribution in [0.15, 0.2) is 12.1 Å². The molecule has 0 aliphatic carbocycles. The van der Waals surface area contributed by atoms with E-state index in [0.717, 1.165) is 58.6 Å². The van der Waals surface area contributed by atoms with Crippen molar-refractivity contribution in [2.45, 2.75) is 45.8 Å². The van der Waals surface area contributed by atoms with Crippen LogP contribution in [0.1, 0.15) is 51.3 Å². The Morgan fingerprint density at radius 1 is 1.50 bits per heavy atom. The highest BCUT2D eigenvalue weighted by Gasteiger charge is 2.20. The van der Waals surface area contributed by atoms with Crippen LogP contribution in [0.3, 0.4) is 0 Å². The SMILES string of the molecule is Cc1nn(CCCNC(=O)c2ccc([C@H]3CCCO3)s2)c(C)c1Cl. The average molecular weight is 368 g/mol. The Morgan fingerprint density at radius 3 is 3.00 bits per heavy atom. The molecule has 1 aliphatic heterocycles. The summed E-state index contributed by atoms with van der Waals surface area (Å²) in [5, 5.41) is 8.08. The molecule has 3 rings (SSSR count). The van der Waals surface area contributed by atoms with E-state index in [1.807, 2.05) is 30.7 Å². The predicted octanol–water partition coefficient (Wildman–Crippen LogP) is 3.89. The fourth-order valence-corrected chi connectivity index (χ4v) is 4.00. The van der Waals surface area contributed by atoms with Crippen molar-refractivity contribution in [3.05, 3.63) is 38.3 Å². The topological polar surface area (TPSA) is 56.2 Å². The summed E-state index contributed by atoms with van der Waals surface area (Å²) in [6.45, 7) is 6.03. The molecule has 0 saturated carbocycles. The van der Waals surface area contributed by atoms with E-state index in [1.165, 1.54) is 11.3 Å². The normalized spacial score (nSPS) is 17.4. The van der Waals surface area contributed by atoms with Crippen molar-refractivity contribution >= 4 is 28.8 Å². The van der Waals surface area contributed by atoms with E-state index in [1.54, 1.807) is 0 Å². The molecule has 3 heterocycles. The molecule has 0 unspecified atom stereocenters. The molecule has 0 spiro atoms. The lowest BCUT2D eigenvalue weighted by Gasteiger charge is -2.06. The lowest BCUT2D eigenvalue weighted by Crippen LogP contribution is -2.24. The minimum atomic E-state index is -0.0179. The molecule has 5 nitrogen and oxygen atoms in total. The zero-order valence-corrected chi connectivity index (χ0v) is 15.5. The summed E-state index contributed by atoms with van der Waals surface area (Å²) in [7, 11) is 0. The van der Waals surface area contributed by atoms with Crippen molar-refractivity contribution in [1.82, 2.24) is 15.1 Å². The fourth-order valence-electron chi connectivity index (χ4n) is 2.86. The Hall–Kier alpha value is -1.37. The first-order chi connectivity index (χ1) is 11.6. The molecule has 130 valence electrons. The first kappa shape index (κ1) is 17.5. The maximum atomic E-state index is 12.2. The van der Waals surface area contributed by atoms with Crippen molar-refractivity contribution in [1.29, 1.82) is 0 Å². The van der Waals surface area contributed by atoms with Crippen LogP contribution >= 0.6 is 22.9 Å². The summed E-state index contributed by atoms with van der Waals surface area (Å²) in [6.07, 6.45) is 3.13. The van der Waals surface area contributed by atoms with E-state index in [4.69, 9.17) is 16.3 Å². The van der Waals surface area contributed by atoms with Crippen molar-refractivity contribution in [3.63, 3.8) is 0 Å². The second kappa shape index (κ2) is 7.68. The third-order valence-electron chi connectivity index (χ3n) is 4.22. The number of carbonyl (C=O) groups excluding carboxylic acids is 1. The van der Waals surface area contributed by atoms with Crippen LogP contribution in [-0.2, 0) is 11.3 Å². The van der Waals surface area contributed by atoms with E-state index in [2.05, 4.69) is 10.4 Å². The quantitative estimate of drug-likeness (QED) is 0.788. The van der Waals surface area contributed by atoms with E-state index in [0.29, 0.717) is 6.54 Å². The zero-order valence-electron chi connectivity index (χ0n) is 14.0. The van der Waals surface area contributed by atoms with Crippen molar-refractivity contribution in [2.24, 2.45) is 0 Å². The van der Waals surface area contributed by atoms with Crippen LogP contribution in [-0.4, -0.2) is 28.8 Å². The molecule has 2 aromatic rings. The molecule has 0 aromatic carbocycles. The number of hydrogen-bond donors (Lipinski definition) is 1. The van der Waals surface area contributed by atoms with Gasteiger partial charge in [-0.3, -0.25) is 9.48 Å². The summed E-state index contributed by atoms with van der Waals surface area (Å²) in [6, 6.07) is 3.89. The number of nitrogens with zero attached hydrogens (tertiary/aromatic N) is 2. The van der Waals surface area contributed by atoms with Crippen molar-refractivity contribution in [2.75, 3.05) is 13.2 Å². The zero-order chi connectivity index (χ0) is 17.1. The van der Waals surface area contributed by atoms with Gasteiger partial charge in [0.25, 0.3) is 5.91 Å². The highest BCUT2D eigenvalue weighted by molar-refractivity contribution is 7.14. The molecule has 24 heavy (non-hydrogen) atoms. The number of aryl methyl sites for hydroxylation is 2. The van der Waals surface area contributed by atoms with E-state index >= 15 is 0 Å². The van der Waals surface area contributed by atoms with Gasteiger partial charge in [0.1, 0.15) is 0 Å². The van der Waals surface area contributed by atoms with Gasteiger partial charge in [0, 0.05) is 24.6 Å². The van der Waals surface area contributed by atoms with Gasteiger partial charge in [0.2, 0.25) is 0 Å². The van der Waals surface area contributed by atoms with Gasteiger partial charge in [0.15, 0.2) is 0 Å². The molecule has 1 atom stereocenters. The van der Waals surface area contributed by atoms with Gasteiger partial charge in [-0.15, -0.1) is 11.3 Å². The van der Waals surface area contributed by atoms with Crippen molar-refractivity contribution < 1.29 is 9.53 Å². The highest BCUT2D eigenvalue weighted by atomic mass is 35.5. The van der Waals surface area contributed by atoms with Gasteiger partial charge in [0.05, 0.1) is 27.4 Å². The van der Waals surface area contributed by atoms with Gasteiger partial charge in [-0.05, 0) is 45.2 Å². The lowest BCUT2D eigenvalue weighted by molar-refractivity contribution is 0.0956. The molecule has 1 amide bonds. The summed E-state index contributed by atoms with van der Waals surface area (Å²) in [5.74, 6) is -0.0179. The number of carbonyl (C=O) groups is 1. The lowest BCUT2D eigenvalue weighted by atomic mass is 10.2. The molecule has 1 aliphatic rings. The smallest absolute Gasteiger partial charge is 0.261 e. The van der Waals surface area contributed by atoms with Crippen molar-refractivity contribution in [3.8, 4) is 0 Å². The minimum Gasteiger partial charge on any atom is -0.373 e. The third kappa shape index (κ3) is 3.82. The Morgan fingerprint density at radius 2 is 2.33 bits per heavy atom. The summed E-state index contributed by atoms with van der Waals surface area (Å²) >= 11 is 7.66. The summed E-state index contributed by atoms with van der Waals surface area (Å²) in [5.41, 5.74) is 1.82. The predicted molar refractivity (Wildman–Crippen MR) is 95.9 cm³/mol. The van der Waals surface area contributed by atoms with E-state index in [-0.39, 0.29) is 12.0 Å². The standard InChI is InChI=1S/C17H22ClN3O2S/c1-11-16(18)12(2)21(20-11)9-4-8-19-17(22)15-7-6-14(24-15)13-5-3-10-23-13/h6-7,13H,3-5,8-10H2,1-2H3,(H,19,22)/t13-/m1/s1. The van der Waals surface area contributed by atoms with Crippen LogP contribution in [0.5, 0.6) is 0 Å². The number of aromatic nitrogens is 2. The number of ether oxygens (including phenoxy) is 1. The summed E-state index contributed by atoms with van der Waals surface area (Å²) in [4.78, 5) is 14.1. The number of halogens is 1. The van der Waals surface area contributed by atoms with Gasteiger partial charge in [-0.2, -0.15) is 5.10 Å². The van der Waals surface area contributed by atoms with Gasteiger partial charge in [-0.25, -0.2) is 0 Å². The number of rotatable bonds is 6. The average Bonchev–Trinajstić information content (AvgIpc) is 3.29. The van der Waals surface area contributed by atoms with Gasteiger partial charge in [-0.1, -0.05) is 11.6 Å². The summed E-state index contributed by atoms with van der Waals surface area (Å²) < 4.78 is 7.55.